The number of carbonyl (C=O) groups excluding carboxylic acids is 2. The maximum absolute atomic E-state index is 12.1. The quantitative estimate of drug-likeness (QED) is 0.788. The Morgan fingerprint density at radius 3 is 2.68 bits per heavy atom. The van der Waals surface area contributed by atoms with Gasteiger partial charge in [-0.1, -0.05) is 0 Å². The molecule has 0 spiro atoms. The zero-order valence-electron chi connectivity index (χ0n) is 12.1. The highest BCUT2D eigenvalue weighted by atomic mass is 16.6. The van der Waals surface area contributed by atoms with Crippen LogP contribution in [0, 0.1) is 11.8 Å². The maximum Gasteiger partial charge on any atom is 0.410 e. The Balaban J connectivity index is 1.90. The Hall–Kier alpha value is -1.26. The topological polar surface area (TPSA) is 58.6 Å². The highest BCUT2D eigenvalue weighted by molar-refractivity contribution is 5.78. The first-order valence-electron chi connectivity index (χ1n) is 7.10. The predicted octanol–water partition coefficient (Wildman–Crippen LogP) is 1.77. The number of likely N-dealkylation sites (tertiary alicyclic amines) is 1. The van der Waals surface area contributed by atoms with Gasteiger partial charge in [0.15, 0.2) is 0 Å². The molecule has 19 heavy (non-hydrogen) atoms. The first kappa shape index (κ1) is 14.2. The van der Waals surface area contributed by atoms with Gasteiger partial charge in [-0.2, -0.15) is 0 Å². The van der Waals surface area contributed by atoms with Gasteiger partial charge in [0.05, 0.1) is 0 Å². The summed E-state index contributed by atoms with van der Waals surface area (Å²) >= 11 is 0. The smallest absolute Gasteiger partial charge is 0.410 e. The maximum atomic E-state index is 12.1. The number of carbonyl (C=O) groups is 2. The van der Waals surface area contributed by atoms with Gasteiger partial charge < -0.3 is 15.0 Å². The Labute approximate surface area is 114 Å². The lowest BCUT2D eigenvalue weighted by atomic mass is 9.85. The SMILES string of the molecule is CC(C)(C)OC(=O)N1CCC[C@H]([C@H]2CNC(=O)C2)C1. The molecular weight excluding hydrogens is 244 g/mol. The van der Waals surface area contributed by atoms with E-state index >= 15 is 0 Å². The van der Waals surface area contributed by atoms with E-state index in [9.17, 15) is 9.59 Å². The van der Waals surface area contributed by atoms with Crippen molar-refractivity contribution in [2.75, 3.05) is 19.6 Å². The van der Waals surface area contributed by atoms with E-state index in [2.05, 4.69) is 5.32 Å². The van der Waals surface area contributed by atoms with Gasteiger partial charge in [-0.15, -0.1) is 0 Å². The van der Waals surface area contributed by atoms with Crippen molar-refractivity contribution < 1.29 is 14.3 Å². The van der Waals surface area contributed by atoms with Crippen LogP contribution in [0.5, 0.6) is 0 Å². The minimum atomic E-state index is -0.449. The second-order valence-electron chi connectivity index (χ2n) is 6.60. The largest absolute Gasteiger partial charge is 0.444 e. The van der Waals surface area contributed by atoms with Gasteiger partial charge in [0, 0.05) is 26.1 Å². The third kappa shape index (κ3) is 3.85. The van der Waals surface area contributed by atoms with Gasteiger partial charge in [-0.25, -0.2) is 4.79 Å². The standard InChI is InChI=1S/C14H24N2O3/c1-14(2,3)19-13(18)16-6-4-5-10(9-16)11-7-12(17)15-8-11/h10-11H,4-9H2,1-3H3,(H,15,17)/t10-,11+/m0/s1. The lowest BCUT2D eigenvalue weighted by molar-refractivity contribution is -0.119. The summed E-state index contributed by atoms with van der Waals surface area (Å²) in [6.07, 6.45) is 2.47. The van der Waals surface area contributed by atoms with Crippen molar-refractivity contribution >= 4 is 12.0 Å². The third-order valence-electron chi connectivity index (χ3n) is 3.79. The molecule has 2 heterocycles. The summed E-state index contributed by atoms with van der Waals surface area (Å²) in [5, 5.41) is 2.88. The summed E-state index contributed by atoms with van der Waals surface area (Å²) < 4.78 is 5.41. The molecule has 0 unspecified atom stereocenters. The van der Waals surface area contributed by atoms with Crippen molar-refractivity contribution in [1.29, 1.82) is 0 Å². The molecule has 2 saturated heterocycles. The van der Waals surface area contributed by atoms with E-state index in [1.54, 1.807) is 4.90 Å². The Morgan fingerprint density at radius 1 is 1.37 bits per heavy atom. The van der Waals surface area contributed by atoms with Crippen LogP contribution in [0.25, 0.3) is 0 Å². The molecule has 2 rings (SSSR count). The molecule has 108 valence electrons. The van der Waals surface area contributed by atoms with Crippen molar-refractivity contribution in [3.05, 3.63) is 0 Å². The van der Waals surface area contributed by atoms with Crippen LogP contribution in [0.2, 0.25) is 0 Å². The molecule has 0 aliphatic carbocycles. The summed E-state index contributed by atoms with van der Waals surface area (Å²) in [6.45, 7) is 7.88. The Morgan fingerprint density at radius 2 is 2.11 bits per heavy atom. The Kier molecular flexibility index (Phi) is 4.02. The van der Waals surface area contributed by atoms with Gasteiger partial charge in [0.1, 0.15) is 5.60 Å². The normalized spacial score (nSPS) is 28.2. The molecule has 0 radical (unpaired) electrons. The summed E-state index contributed by atoms with van der Waals surface area (Å²) in [7, 11) is 0. The number of hydrogen-bond acceptors (Lipinski definition) is 3. The molecule has 2 aliphatic heterocycles. The molecule has 2 aliphatic rings. The molecule has 0 aromatic carbocycles. The predicted molar refractivity (Wildman–Crippen MR) is 71.6 cm³/mol. The van der Waals surface area contributed by atoms with Crippen LogP contribution in [0.1, 0.15) is 40.0 Å². The average molecular weight is 268 g/mol. The lowest BCUT2D eigenvalue weighted by Crippen LogP contribution is -2.44. The van der Waals surface area contributed by atoms with Crippen LogP contribution in [-0.4, -0.2) is 42.1 Å². The van der Waals surface area contributed by atoms with E-state index in [0.717, 1.165) is 25.9 Å². The molecule has 0 saturated carbocycles. The van der Waals surface area contributed by atoms with E-state index in [1.165, 1.54) is 0 Å². The lowest BCUT2D eigenvalue weighted by Gasteiger charge is -2.36. The molecule has 0 aromatic rings. The summed E-state index contributed by atoms with van der Waals surface area (Å²) in [4.78, 5) is 25.1. The molecular formula is C14H24N2O3. The number of ether oxygens (including phenoxy) is 1. The fourth-order valence-electron chi connectivity index (χ4n) is 2.85. The van der Waals surface area contributed by atoms with E-state index in [-0.39, 0.29) is 12.0 Å². The van der Waals surface area contributed by atoms with Crippen LogP contribution >= 0.6 is 0 Å². The first-order chi connectivity index (χ1) is 8.85. The second kappa shape index (κ2) is 5.39. The van der Waals surface area contributed by atoms with Crippen molar-refractivity contribution in [3.8, 4) is 0 Å². The van der Waals surface area contributed by atoms with Crippen LogP contribution in [-0.2, 0) is 9.53 Å². The zero-order valence-corrected chi connectivity index (χ0v) is 12.1. The van der Waals surface area contributed by atoms with Crippen molar-refractivity contribution in [1.82, 2.24) is 10.2 Å². The van der Waals surface area contributed by atoms with Crippen LogP contribution < -0.4 is 5.32 Å². The molecule has 2 atom stereocenters. The molecule has 0 bridgehead atoms. The molecule has 5 nitrogen and oxygen atoms in total. The number of piperidine rings is 1. The number of nitrogens with one attached hydrogen (secondary N) is 1. The molecule has 1 N–H and O–H groups in total. The molecule has 0 aromatic heterocycles. The molecule has 2 fully saturated rings. The average Bonchev–Trinajstić information content (AvgIpc) is 2.74. The van der Waals surface area contributed by atoms with E-state index < -0.39 is 5.60 Å². The molecule has 2 amide bonds. The number of amides is 2. The van der Waals surface area contributed by atoms with Crippen LogP contribution in [0.4, 0.5) is 4.79 Å². The highest BCUT2D eigenvalue weighted by Gasteiger charge is 2.34. The summed E-state index contributed by atoms with van der Waals surface area (Å²) in [5.41, 5.74) is -0.449. The van der Waals surface area contributed by atoms with Crippen molar-refractivity contribution in [2.24, 2.45) is 11.8 Å². The number of rotatable bonds is 1. The van der Waals surface area contributed by atoms with Gasteiger partial charge in [-0.05, 0) is 45.4 Å². The summed E-state index contributed by atoms with van der Waals surface area (Å²) in [5.74, 6) is 0.928. The minimum Gasteiger partial charge on any atom is -0.444 e. The monoisotopic (exact) mass is 268 g/mol. The van der Waals surface area contributed by atoms with Gasteiger partial charge in [-0.3, -0.25) is 4.79 Å². The van der Waals surface area contributed by atoms with Gasteiger partial charge in [0.2, 0.25) is 5.91 Å². The highest BCUT2D eigenvalue weighted by Crippen LogP contribution is 2.29. The minimum absolute atomic E-state index is 0.138. The van der Waals surface area contributed by atoms with Crippen LogP contribution in [0.3, 0.4) is 0 Å². The van der Waals surface area contributed by atoms with E-state index in [0.29, 0.717) is 24.8 Å². The van der Waals surface area contributed by atoms with E-state index in [1.807, 2.05) is 20.8 Å². The zero-order chi connectivity index (χ0) is 14.0. The fourth-order valence-corrected chi connectivity index (χ4v) is 2.85. The van der Waals surface area contributed by atoms with Gasteiger partial charge >= 0.3 is 6.09 Å². The Bertz CT molecular complexity index is 362. The molecule has 5 heteroatoms. The fraction of sp³-hybridized carbons (Fsp3) is 0.857. The van der Waals surface area contributed by atoms with E-state index in [4.69, 9.17) is 4.74 Å². The number of nitrogens with zero attached hydrogens (tertiary/aromatic N) is 1. The van der Waals surface area contributed by atoms with Crippen molar-refractivity contribution in [3.63, 3.8) is 0 Å². The van der Waals surface area contributed by atoms with Crippen molar-refractivity contribution in [2.45, 2.75) is 45.6 Å². The van der Waals surface area contributed by atoms with Gasteiger partial charge in [0.25, 0.3) is 0 Å². The second-order valence-corrected chi connectivity index (χ2v) is 6.60. The third-order valence-corrected chi connectivity index (χ3v) is 3.79. The summed E-state index contributed by atoms with van der Waals surface area (Å²) in [6, 6.07) is 0. The number of hydrogen-bond donors (Lipinski definition) is 1. The van der Waals surface area contributed by atoms with Crippen LogP contribution in [0.15, 0.2) is 0 Å². The first-order valence-corrected chi connectivity index (χ1v) is 7.10.